The Balaban J connectivity index is 1.63. The SMILES string of the molecule is Cn1nccc1-n1nc(-c2ccccc2)nc1CCN1CCCCCC1=O. The van der Waals surface area contributed by atoms with Crippen molar-refractivity contribution in [1.29, 1.82) is 0 Å². The Bertz CT molecular complexity index is 914. The molecule has 7 nitrogen and oxygen atoms in total. The summed E-state index contributed by atoms with van der Waals surface area (Å²) in [7, 11) is 1.89. The zero-order valence-electron chi connectivity index (χ0n) is 15.6. The minimum absolute atomic E-state index is 0.252. The summed E-state index contributed by atoms with van der Waals surface area (Å²) in [4.78, 5) is 19.1. The van der Waals surface area contributed by atoms with Gasteiger partial charge < -0.3 is 4.90 Å². The van der Waals surface area contributed by atoms with Crippen LogP contribution in [0.25, 0.3) is 17.2 Å². The molecule has 0 unspecified atom stereocenters. The van der Waals surface area contributed by atoms with E-state index in [1.807, 2.05) is 53.0 Å². The maximum absolute atomic E-state index is 12.3. The average Bonchev–Trinajstić information content (AvgIpc) is 3.24. The van der Waals surface area contributed by atoms with E-state index in [1.165, 1.54) is 0 Å². The van der Waals surface area contributed by atoms with Gasteiger partial charge in [-0.3, -0.25) is 9.48 Å². The highest BCUT2D eigenvalue weighted by atomic mass is 16.2. The van der Waals surface area contributed by atoms with Gasteiger partial charge in [-0.15, -0.1) is 5.10 Å². The number of benzene rings is 1. The van der Waals surface area contributed by atoms with E-state index in [2.05, 4.69) is 5.10 Å². The van der Waals surface area contributed by atoms with Crippen molar-refractivity contribution >= 4 is 5.91 Å². The minimum Gasteiger partial charge on any atom is -0.342 e. The number of carbonyl (C=O) groups excluding carboxylic acids is 1. The third-order valence-corrected chi connectivity index (χ3v) is 4.99. The van der Waals surface area contributed by atoms with E-state index in [9.17, 15) is 4.79 Å². The average molecular weight is 364 g/mol. The van der Waals surface area contributed by atoms with Crippen LogP contribution in [0, 0.1) is 0 Å². The predicted molar refractivity (Wildman–Crippen MR) is 102 cm³/mol. The van der Waals surface area contributed by atoms with Crippen LogP contribution in [-0.2, 0) is 18.3 Å². The van der Waals surface area contributed by atoms with E-state index < -0.39 is 0 Å². The first-order chi connectivity index (χ1) is 13.2. The predicted octanol–water partition coefficient (Wildman–Crippen LogP) is 2.61. The Morgan fingerprint density at radius 3 is 2.70 bits per heavy atom. The largest absolute Gasteiger partial charge is 0.342 e. The van der Waals surface area contributed by atoms with Gasteiger partial charge in [0.25, 0.3) is 0 Å². The van der Waals surface area contributed by atoms with E-state index in [-0.39, 0.29) is 5.91 Å². The van der Waals surface area contributed by atoms with Gasteiger partial charge in [0.1, 0.15) is 5.82 Å². The maximum atomic E-state index is 12.3. The molecule has 1 aliphatic rings. The van der Waals surface area contributed by atoms with Crippen LogP contribution in [0.1, 0.15) is 31.5 Å². The van der Waals surface area contributed by atoms with E-state index in [1.54, 1.807) is 10.9 Å². The molecule has 140 valence electrons. The molecule has 3 aromatic rings. The maximum Gasteiger partial charge on any atom is 0.222 e. The Morgan fingerprint density at radius 2 is 1.93 bits per heavy atom. The third kappa shape index (κ3) is 3.77. The summed E-state index contributed by atoms with van der Waals surface area (Å²) in [5, 5.41) is 8.98. The van der Waals surface area contributed by atoms with Crippen molar-refractivity contribution in [2.75, 3.05) is 13.1 Å². The van der Waals surface area contributed by atoms with Crippen LogP contribution in [-0.4, -0.2) is 48.4 Å². The standard InChI is InChI=1S/C20H24N6O/c1-24-18(11-13-21-24)26-17(12-15-25-14-7-3-6-10-19(25)27)22-20(23-26)16-8-4-2-5-9-16/h2,4-5,8-9,11,13H,3,6-7,10,12,14-15H2,1H3. The summed E-state index contributed by atoms with van der Waals surface area (Å²) in [5.74, 6) is 2.65. The molecule has 0 atom stereocenters. The van der Waals surface area contributed by atoms with Gasteiger partial charge in [-0.2, -0.15) is 9.78 Å². The molecule has 0 spiro atoms. The number of aromatic nitrogens is 5. The van der Waals surface area contributed by atoms with Crippen LogP contribution in [0.5, 0.6) is 0 Å². The first-order valence-corrected chi connectivity index (χ1v) is 9.50. The van der Waals surface area contributed by atoms with Gasteiger partial charge in [-0.25, -0.2) is 4.98 Å². The van der Waals surface area contributed by atoms with Crippen LogP contribution in [0.15, 0.2) is 42.6 Å². The van der Waals surface area contributed by atoms with Gasteiger partial charge >= 0.3 is 0 Å². The Labute approximate surface area is 158 Å². The van der Waals surface area contributed by atoms with Crippen LogP contribution in [0.2, 0.25) is 0 Å². The lowest BCUT2D eigenvalue weighted by Crippen LogP contribution is -2.32. The first-order valence-electron chi connectivity index (χ1n) is 9.50. The Kier molecular flexibility index (Phi) is 5.00. The molecule has 27 heavy (non-hydrogen) atoms. The second kappa shape index (κ2) is 7.73. The summed E-state index contributed by atoms with van der Waals surface area (Å²) >= 11 is 0. The Morgan fingerprint density at radius 1 is 1.07 bits per heavy atom. The summed E-state index contributed by atoms with van der Waals surface area (Å²) in [6.07, 6.45) is 6.28. The molecule has 1 amide bonds. The van der Waals surface area contributed by atoms with Gasteiger partial charge in [0.15, 0.2) is 11.6 Å². The number of hydrogen-bond donors (Lipinski definition) is 0. The summed E-state index contributed by atoms with van der Waals surface area (Å²) in [6.45, 7) is 1.51. The number of amides is 1. The fourth-order valence-electron chi connectivity index (χ4n) is 3.48. The van der Waals surface area contributed by atoms with Crippen molar-refractivity contribution in [2.24, 2.45) is 7.05 Å². The van der Waals surface area contributed by atoms with Crippen molar-refractivity contribution in [1.82, 2.24) is 29.4 Å². The highest BCUT2D eigenvalue weighted by molar-refractivity contribution is 5.76. The lowest BCUT2D eigenvalue weighted by molar-refractivity contribution is -0.130. The number of hydrogen-bond acceptors (Lipinski definition) is 4. The van der Waals surface area contributed by atoms with Crippen molar-refractivity contribution in [2.45, 2.75) is 32.1 Å². The van der Waals surface area contributed by atoms with Crippen LogP contribution < -0.4 is 0 Å². The topological polar surface area (TPSA) is 68.8 Å². The van der Waals surface area contributed by atoms with Gasteiger partial charge in [0.2, 0.25) is 5.91 Å². The smallest absolute Gasteiger partial charge is 0.222 e. The van der Waals surface area contributed by atoms with Gasteiger partial charge in [0.05, 0.1) is 6.20 Å². The third-order valence-electron chi connectivity index (χ3n) is 4.99. The first kappa shape index (κ1) is 17.5. The van der Waals surface area contributed by atoms with E-state index in [0.29, 0.717) is 25.2 Å². The summed E-state index contributed by atoms with van der Waals surface area (Å²) in [6, 6.07) is 11.9. The monoisotopic (exact) mass is 364 g/mol. The summed E-state index contributed by atoms with van der Waals surface area (Å²) in [5.41, 5.74) is 0.977. The number of aryl methyl sites for hydroxylation is 1. The zero-order valence-corrected chi connectivity index (χ0v) is 15.6. The van der Waals surface area contributed by atoms with Gasteiger partial charge in [0, 0.05) is 44.6 Å². The normalized spacial score (nSPS) is 15.1. The molecule has 1 aromatic carbocycles. The molecular formula is C20H24N6O. The highest BCUT2D eigenvalue weighted by Gasteiger charge is 2.20. The van der Waals surface area contributed by atoms with Crippen molar-refractivity contribution in [3.63, 3.8) is 0 Å². The number of rotatable bonds is 5. The minimum atomic E-state index is 0.252. The van der Waals surface area contributed by atoms with E-state index >= 15 is 0 Å². The lowest BCUT2D eigenvalue weighted by Gasteiger charge is -2.20. The van der Waals surface area contributed by atoms with Crippen LogP contribution >= 0.6 is 0 Å². The molecule has 3 heterocycles. The quantitative estimate of drug-likeness (QED) is 0.698. The molecule has 0 N–H and O–H groups in total. The molecule has 1 fully saturated rings. The van der Waals surface area contributed by atoms with Crippen molar-refractivity contribution < 1.29 is 4.79 Å². The molecule has 0 saturated carbocycles. The fraction of sp³-hybridized carbons (Fsp3) is 0.400. The number of carbonyl (C=O) groups is 1. The van der Waals surface area contributed by atoms with Crippen molar-refractivity contribution in [3.8, 4) is 17.2 Å². The zero-order chi connectivity index (χ0) is 18.6. The van der Waals surface area contributed by atoms with Crippen LogP contribution in [0.3, 0.4) is 0 Å². The molecule has 4 rings (SSSR count). The van der Waals surface area contributed by atoms with Gasteiger partial charge in [-0.05, 0) is 12.8 Å². The molecule has 1 aliphatic heterocycles. The number of nitrogens with zero attached hydrogens (tertiary/aromatic N) is 6. The molecule has 0 radical (unpaired) electrons. The van der Waals surface area contributed by atoms with E-state index in [4.69, 9.17) is 10.1 Å². The number of likely N-dealkylation sites (tertiary alicyclic amines) is 1. The van der Waals surface area contributed by atoms with E-state index in [0.717, 1.165) is 43.0 Å². The summed E-state index contributed by atoms with van der Waals surface area (Å²) < 4.78 is 3.63. The molecule has 2 aromatic heterocycles. The second-order valence-electron chi connectivity index (χ2n) is 6.88. The molecule has 0 aliphatic carbocycles. The van der Waals surface area contributed by atoms with Crippen LogP contribution in [0.4, 0.5) is 0 Å². The second-order valence-corrected chi connectivity index (χ2v) is 6.88. The fourth-order valence-corrected chi connectivity index (χ4v) is 3.48. The highest BCUT2D eigenvalue weighted by Crippen LogP contribution is 2.19. The molecule has 0 bridgehead atoms. The Hall–Kier alpha value is -2.96. The molecule has 1 saturated heterocycles. The van der Waals surface area contributed by atoms with Gasteiger partial charge in [-0.1, -0.05) is 36.8 Å². The van der Waals surface area contributed by atoms with Crippen molar-refractivity contribution in [3.05, 3.63) is 48.4 Å². The lowest BCUT2D eigenvalue weighted by atomic mass is 10.2. The molecule has 7 heteroatoms. The molecular weight excluding hydrogens is 340 g/mol.